The number of ether oxygens (including phenoxy) is 1. The van der Waals surface area contributed by atoms with Crippen LogP contribution >= 0.6 is 0 Å². The standard InChI is InChI=1S/C21H27N3O2.C5H11N3.C2H6/c1-4-7-11-18-20(26-6-3)14-23-21(24-18)16-10-8-9-15(12-16)13-17(22)19(25)5-2;1-3-8(2)7-5-4-6;1-2/h5,8-10,12,20,22H,2,4,6-7,11,13-14H2,1,3H3;3,5H,1,4,6H2,2H3;1-2H3/b;7-5-;. The molecular weight excluding hydrogens is 452 g/mol. The minimum atomic E-state index is -0.343. The number of aliphatic imine (C=N–C) groups is 2. The number of unbranched alkanes of at least 4 members (excludes halogenated alkanes) is 1. The van der Waals surface area contributed by atoms with Gasteiger partial charge in [0.15, 0.2) is 11.6 Å². The third-order valence-corrected chi connectivity index (χ3v) is 4.86. The summed E-state index contributed by atoms with van der Waals surface area (Å²) in [5.74, 6) is 0.361. The van der Waals surface area contributed by atoms with E-state index in [0.29, 0.717) is 25.5 Å². The molecule has 1 unspecified atom stereocenters. The summed E-state index contributed by atoms with van der Waals surface area (Å²) in [5.41, 5.74) is 8.01. The summed E-state index contributed by atoms with van der Waals surface area (Å²) in [7, 11) is 1.79. The largest absolute Gasteiger partial charge is 0.371 e. The van der Waals surface area contributed by atoms with Crippen LogP contribution in [0, 0.1) is 5.41 Å². The smallest absolute Gasteiger partial charge is 0.199 e. The van der Waals surface area contributed by atoms with E-state index in [1.54, 1.807) is 24.5 Å². The molecule has 8 heteroatoms. The van der Waals surface area contributed by atoms with Crippen LogP contribution < -0.4 is 5.73 Å². The Hall–Kier alpha value is -3.23. The third kappa shape index (κ3) is 12.5. The first-order valence-electron chi connectivity index (χ1n) is 12.5. The van der Waals surface area contributed by atoms with Gasteiger partial charge in [-0.1, -0.05) is 58.5 Å². The molecule has 8 nitrogen and oxygen atoms in total. The number of nitrogens with two attached hydrogens (primary N) is 1. The Bertz CT molecular complexity index is 920. The lowest BCUT2D eigenvalue weighted by atomic mass is 10.0. The SMILES string of the molecule is C=CC(=O)C(=N)Cc1cccc(C2=NCC(OCC)C(CCCC)=N2)c1.C=CN(C)/N=C\CN.CC. The number of allylic oxidation sites excluding steroid dienone is 1. The highest BCUT2D eigenvalue weighted by molar-refractivity contribution is 6.43. The monoisotopic (exact) mass is 496 g/mol. The number of rotatable bonds is 13. The Balaban J connectivity index is 0.00000104. The fourth-order valence-corrected chi connectivity index (χ4v) is 3.06. The van der Waals surface area contributed by atoms with Crippen LogP contribution in [0.25, 0.3) is 0 Å². The molecule has 1 heterocycles. The predicted octanol–water partition coefficient (Wildman–Crippen LogP) is 4.83. The van der Waals surface area contributed by atoms with Crippen molar-refractivity contribution in [2.45, 2.75) is 59.5 Å². The molecule has 36 heavy (non-hydrogen) atoms. The van der Waals surface area contributed by atoms with Crippen LogP contribution in [0.3, 0.4) is 0 Å². The van der Waals surface area contributed by atoms with E-state index in [1.165, 1.54) is 6.08 Å². The number of carbonyl (C=O) groups excluding carboxylic acids is 1. The van der Waals surface area contributed by atoms with Crippen LogP contribution in [0.1, 0.15) is 58.1 Å². The molecule has 0 aliphatic carbocycles. The summed E-state index contributed by atoms with van der Waals surface area (Å²) in [4.78, 5) is 20.9. The van der Waals surface area contributed by atoms with Gasteiger partial charge in [0.25, 0.3) is 0 Å². The zero-order chi connectivity index (χ0) is 27.3. The van der Waals surface area contributed by atoms with Gasteiger partial charge in [0.05, 0.1) is 18.0 Å². The van der Waals surface area contributed by atoms with Gasteiger partial charge in [0.1, 0.15) is 6.10 Å². The van der Waals surface area contributed by atoms with Gasteiger partial charge in [-0.3, -0.25) is 14.8 Å². The molecule has 0 amide bonds. The predicted molar refractivity (Wildman–Crippen MR) is 154 cm³/mol. The maximum atomic E-state index is 11.5. The van der Waals surface area contributed by atoms with Crippen molar-refractivity contribution in [1.82, 2.24) is 5.01 Å². The lowest BCUT2D eigenvalue weighted by Gasteiger charge is -2.22. The average Bonchev–Trinajstić information content (AvgIpc) is 2.92. The van der Waals surface area contributed by atoms with Crippen LogP contribution in [0.15, 0.2) is 64.8 Å². The molecule has 0 spiro atoms. The van der Waals surface area contributed by atoms with Crippen molar-refractivity contribution in [3.63, 3.8) is 0 Å². The molecule has 3 N–H and O–H groups in total. The minimum Gasteiger partial charge on any atom is -0.371 e. The number of hydrogen-bond acceptors (Lipinski definition) is 8. The average molecular weight is 497 g/mol. The topological polar surface area (TPSA) is 116 Å². The number of hydrogen-bond donors (Lipinski definition) is 2. The molecule has 1 aliphatic heterocycles. The van der Waals surface area contributed by atoms with Crippen molar-refractivity contribution in [2.75, 3.05) is 26.7 Å². The van der Waals surface area contributed by atoms with Gasteiger partial charge in [-0.2, -0.15) is 5.10 Å². The minimum absolute atomic E-state index is 0.0307. The van der Waals surface area contributed by atoms with E-state index in [0.717, 1.165) is 36.1 Å². The maximum absolute atomic E-state index is 11.5. The first kappa shape index (κ1) is 32.8. The van der Waals surface area contributed by atoms with Crippen molar-refractivity contribution >= 4 is 29.3 Å². The van der Waals surface area contributed by atoms with E-state index in [1.807, 2.05) is 45.0 Å². The number of hydrazone groups is 1. The summed E-state index contributed by atoms with van der Waals surface area (Å²) in [6, 6.07) is 7.73. The number of nitrogens with one attached hydrogen (secondary N) is 1. The molecule has 0 radical (unpaired) electrons. The number of amidine groups is 1. The Morgan fingerprint density at radius 1 is 1.33 bits per heavy atom. The third-order valence-electron chi connectivity index (χ3n) is 4.86. The molecule has 1 aromatic rings. The van der Waals surface area contributed by atoms with Gasteiger partial charge in [0.2, 0.25) is 0 Å². The fraction of sp³-hybridized carbons (Fsp3) is 0.464. The van der Waals surface area contributed by atoms with Crippen LogP contribution in [0.5, 0.6) is 0 Å². The molecule has 0 saturated carbocycles. The second-order valence-corrected chi connectivity index (χ2v) is 7.53. The van der Waals surface area contributed by atoms with Gasteiger partial charge >= 0.3 is 0 Å². The normalized spacial score (nSPS) is 14.3. The van der Waals surface area contributed by atoms with Gasteiger partial charge in [-0.15, -0.1) is 0 Å². The molecule has 0 bridgehead atoms. The molecule has 0 saturated heterocycles. The summed E-state index contributed by atoms with van der Waals surface area (Å²) in [6.45, 7) is 16.8. The first-order valence-corrected chi connectivity index (χ1v) is 12.5. The molecule has 1 atom stereocenters. The first-order chi connectivity index (χ1) is 17.4. The van der Waals surface area contributed by atoms with Crippen LogP contribution in [-0.4, -0.2) is 67.1 Å². The number of carbonyl (C=O) groups is 1. The number of benzene rings is 1. The van der Waals surface area contributed by atoms with Crippen LogP contribution in [-0.2, 0) is 16.0 Å². The lowest BCUT2D eigenvalue weighted by molar-refractivity contribution is -0.109. The van der Waals surface area contributed by atoms with Gasteiger partial charge < -0.3 is 15.9 Å². The van der Waals surface area contributed by atoms with Crippen molar-refractivity contribution in [1.29, 1.82) is 5.41 Å². The van der Waals surface area contributed by atoms with Gasteiger partial charge in [-0.05, 0) is 37.5 Å². The highest BCUT2D eigenvalue weighted by Gasteiger charge is 2.21. The Morgan fingerprint density at radius 2 is 2.06 bits per heavy atom. The highest BCUT2D eigenvalue weighted by Crippen LogP contribution is 2.16. The van der Waals surface area contributed by atoms with Crippen molar-refractivity contribution in [3.05, 3.63) is 60.8 Å². The molecule has 0 aromatic heterocycles. The number of ketones is 1. The van der Waals surface area contributed by atoms with E-state index in [9.17, 15) is 4.79 Å². The van der Waals surface area contributed by atoms with E-state index < -0.39 is 0 Å². The Morgan fingerprint density at radius 3 is 2.64 bits per heavy atom. The molecule has 2 rings (SSSR count). The Kier molecular flexibility index (Phi) is 18.2. The second kappa shape index (κ2) is 20.0. The molecule has 1 aromatic carbocycles. The lowest BCUT2D eigenvalue weighted by Crippen LogP contribution is -2.32. The van der Waals surface area contributed by atoms with Crippen molar-refractivity contribution in [2.24, 2.45) is 20.8 Å². The quantitative estimate of drug-likeness (QED) is 0.231. The molecule has 0 fully saturated rings. The van der Waals surface area contributed by atoms with Crippen LogP contribution in [0.2, 0.25) is 0 Å². The summed E-state index contributed by atoms with van der Waals surface area (Å²) >= 11 is 0. The highest BCUT2D eigenvalue weighted by atomic mass is 16.5. The van der Waals surface area contributed by atoms with E-state index >= 15 is 0 Å². The van der Waals surface area contributed by atoms with E-state index in [2.05, 4.69) is 30.2 Å². The van der Waals surface area contributed by atoms with Gasteiger partial charge in [0, 0.05) is 44.6 Å². The van der Waals surface area contributed by atoms with Crippen molar-refractivity contribution in [3.8, 4) is 0 Å². The molecular formula is C28H44N6O2. The maximum Gasteiger partial charge on any atom is 0.199 e. The summed E-state index contributed by atoms with van der Waals surface area (Å²) in [5, 5.41) is 13.2. The zero-order valence-electron chi connectivity index (χ0n) is 22.7. The Labute approximate surface area is 217 Å². The van der Waals surface area contributed by atoms with Crippen molar-refractivity contribution < 1.29 is 9.53 Å². The summed E-state index contributed by atoms with van der Waals surface area (Å²) < 4.78 is 5.78. The van der Waals surface area contributed by atoms with E-state index in [-0.39, 0.29) is 24.0 Å². The fourth-order valence-electron chi connectivity index (χ4n) is 3.06. The second-order valence-electron chi connectivity index (χ2n) is 7.53. The van der Waals surface area contributed by atoms with Gasteiger partial charge in [-0.25, -0.2) is 4.99 Å². The molecule has 198 valence electrons. The zero-order valence-corrected chi connectivity index (χ0v) is 22.7. The summed E-state index contributed by atoms with van der Waals surface area (Å²) in [6.07, 6.45) is 7.74. The number of nitrogens with zero attached hydrogens (tertiary/aromatic N) is 4. The molecule has 1 aliphatic rings. The van der Waals surface area contributed by atoms with Crippen LogP contribution in [0.4, 0.5) is 0 Å². The van der Waals surface area contributed by atoms with E-state index in [4.69, 9.17) is 20.9 Å².